The molecule has 104 valence electrons. The molecule has 2 aromatic rings. The van der Waals surface area contributed by atoms with Crippen molar-refractivity contribution in [2.24, 2.45) is 5.73 Å². The molecule has 1 aromatic heterocycles. The minimum atomic E-state index is -0.633. The highest BCUT2D eigenvalue weighted by Gasteiger charge is 2.32. The number of carbonyl (C=O) groups excluding carboxylic acids is 2. The lowest BCUT2D eigenvalue weighted by molar-refractivity contribution is 0.111. The summed E-state index contributed by atoms with van der Waals surface area (Å²) in [6.45, 7) is 0.391. The van der Waals surface area contributed by atoms with Gasteiger partial charge in [-0.15, -0.1) is 0 Å². The molecule has 3 rings (SSSR count). The minimum absolute atomic E-state index is 0.148. The van der Waals surface area contributed by atoms with Crippen molar-refractivity contribution in [1.82, 2.24) is 4.98 Å². The first-order valence-corrected chi connectivity index (χ1v) is 6.05. The van der Waals surface area contributed by atoms with E-state index in [1.54, 1.807) is 6.07 Å². The lowest BCUT2D eigenvalue weighted by Crippen LogP contribution is -2.34. The molecule has 2 amide bonds. The average molecular weight is 275 g/mol. The van der Waals surface area contributed by atoms with Gasteiger partial charge in [-0.25, -0.2) is 4.79 Å². The number of phenols is 1. The quantitative estimate of drug-likeness (QED) is 0.714. The SMILES string of the molecule is COc1c(O)c2c(c3cc(C=O)[nH]c13)CCN2C(N)=O. The van der Waals surface area contributed by atoms with E-state index in [2.05, 4.69) is 4.98 Å². The van der Waals surface area contributed by atoms with Gasteiger partial charge in [0.25, 0.3) is 0 Å². The molecule has 0 atom stereocenters. The van der Waals surface area contributed by atoms with Crippen LogP contribution in [-0.4, -0.2) is 36.1 Å². The van der Waals surface area contributed by atoms with E-state index in [1.165, 1.54) is 12.0 Å². The zero-order chi connectivity index (χ0) is 14.4. The van der Waals surface area contributed by atoms with Gasteiger partial charge in [-0.2, -0.15) is 0 Å². The van der Waals surface area contributed by atoms with Crippen LogP contribution in [0.5, 0.6) is 11.5 Å². The highest BCUT2D eigenvalue weighted by molar-refractivity contribution is 6.05. The number of fused-ring (bicyclic) bond motifs is 3. The van der Waals surface area contributed by atoms with Crippen LogP contribution in [0.15, 0.2) is 6.07 Å². The number of ether oxygens (including phenoxy) is 1. The predicted molar refractivity (Wildman–Crippen MR) is 72.5 cm³/mol. The number of aromatic hydroxyl groups is 1. The summed E-state index contributed by atoms with van der Waals surface area (Å²) in [6.07, 6.45) is 1.24. The third-order valence-corrected chi connectivity index (χ3v) is 3.57. The molecule has 0 saturated heterocycles. The Labute approximate surface area is 113 Å². The molecule has 0 saturated carbocycles. The Kier molecular flexibility index (Phi) is 2.56. The van der Waals surface area contributed by atoms with Crippen molar-refractivity contribution in [1.29, 1.82) is 0 Å². The number of aldehydes is 1. The maximum Gasteiger partial charge on any atom is 0.319 e. The Bertz CT molecular complexity index is 735. The van der Waals surface area contributed by atoms with Crippen LogP contribution in [0.4, 0.5) is 10.5 Å². The number of H-pyrrole nitrogens is 1. The number of aromatic nitrogens is 1. The van der Waals surface area contributed by atoms with Crippen molar-refractivity contribution in [3.63, 3.8) is 0 Å². The van der Waals surface area contributed by atoms with Gasteiger partial charge in [-0.1, -0.05) is 0 Å². The van der Waals surface area contributed by atoms with Crippen LogP contribution in [-0.2, 0) is 6.42 Å². The van der Waals surface area contributed by atoms with Crippen molar-refractivity contribution in [3.05, 3.63) is 17.3 Å². The molecule has 0 unspecified atom stereocenters. The topological polar surface area (TPSA) is 109 Å². The molecule has 0 fully saturated rings. The standard InChI is InChI=1S/C13H13N3O4/c1-20-12-9-8(4-6(5-17)15-9)7-2-3-16(13(14)19)10(7)11(12)18/h4-5,15,18H,2-3H2,1H3,(H2,14,19). The third-order valence-electron chi connectivity index (χ3n) is 3.57. The van der Waals surface area contributed by atoms with E-state index in [9.17, 15) is 14.7 Å². The smallest absolute Gasteiger partial charge is 0.319 e. The van der Waals surface area contributed by atoms with Crippen molar-refractivity contribution < 1.29 is 19.4 Å². The second-order valence-electron chi connectivity index (χ2n) is 4.58. The van der Waals surface area contributed by atoms with E-state index in [1.807, 2.05) is 0 Å². The van der Waals surface area contributed by atoms with Gasteiger partial charge in [0.2, 0.25) is 0 Å². The fourth-order valence-electron chi connectivity index (χ4n) is 2.75. The second kappa shape index (κ2) is 4.16. The molecule has 1 aliphatic heterocycles. The number of phenolic OH excluding ortho intramolecular Hbond substituents is 1. The summed E-state index contributed by atoms with van der Waals surface area (Å²) < 4.78 is 5.19. The molecule has 1 aromatic carbocycles. The summed E-state index contributed by atoms with van der Waals surface area (Å²) in [4.78, 5) is 26.6. The van der Waals surface area contributed by atoms with Gasteiger partial charge < -0.3 is 20.6 Å². The number of hydrogen-bond acceptors (Lipinski definition) is 4. The number of aromatic amines is 1. The maximum atomic E-state index is 11.4. The molecule has 0 bridgehead atoms. The van der Waals surface area contributed by atoms with Crippen LogP contribution >= 0.6 is 0 Å². The van der Waals surface area contributed by atoms with Crippen molar-refractivity contribution in [2.75, 3.05) is 18.6 Å². The van der Waals surface area contributed by atoms with E-state index in [-0.39, 0.29) is 11.5 Å². The number of methoxy groups -OCH3 is 1. The summed E-state index contributed by atoms with van der Waals surface area (Å²) in [6, 6.07) is 1.04. The summed E-state index contributed by atoms with van der Waals surface area (Å²) >= 11 is 0. The molecule has 0 aliphatic carbocycles. The van der Waals surface area contributed by atoms with Crippen LogP contribution in [0.3, 0.4) is 0 Å². The molecule has 0 spiro atoms. The number of urea groups is 1. The summed E-state index contributed by atoms with van der Waals surface area (Å²) in [5.41, 5.74) is 7.38. The number of hydrogen-bond donors (Lipinski definition) is 3. The number of anilines is 1. The highest BCUT2D eigenvalue weighted by atomic mass is 16.5. The number of rotatable bonds is 2. The second-order valence-corrected chi connectivity index (χ2v) is 4.58. The Hall–Kier alpha value is -2.70. The average Bonchev–Trinajstić information content (AvgIpc) is 3.02. The van der Waals surface area contributed by atoms with E-state index in [0.29, 0.717) is 36.1 Å². The number of amides is 2. The van der Waals surface area contributed by atoms with Gasteiger partial charge in [-0.05, 0) is 18.1 Å². The fourth-order valence-corrected chi connectivity index (χ4v) is 2.75. The largest absolute Gasteiger partial charge is 0.503 e. The fraction of sp³-hybridized carbons (Fsp3) is 0.231. The molecular formula is C13H13N3O4. The van der Waals surface area contributed by atoms with Gasteiger partial charge in [0, 0.05) is 11.9 Å². The molecule has 20 heavy (non-hydrogen) atoms. The van der Waals surface area contributed by atoms with E-state index in [0.717, 1.165) is 10.9 Å². The number of nitrogens with one attached hydrogen (secondary N) is 1. The highest BCUT2D eigenvalue weighted by Crippen LogP contribution is 2.48. The molecule has 2 heterocycles. The maximum absolute atomic E-state index is 11.4. The normalized spacial score (nSPS) is 13.6. The summed E-state index contributed by atoms with van der Waals surface area (Å²) in [5, 5.41) is 11.1. The molecule has 7 nitrogen and oxygen atoms in total. The van der Waals surface area contributed by atoms with Crippen LogP contribution in [0.25, 0.3) is 10.9 Å². The minimum Gasteiger partial charge on any atom is -0.503 e. The molecule has 1 aliphatic rings. The van der Waals surface area contributed by atoms with E-state index in [4.69, 9.17) is 10.5 Å². The van der Waals surface area contributed by atoms with Gasteiger partial charge in [-0.3, -0.25) is 9.69 Å². The number of primary amides is 1. The summed E-state index contributed by atoms with van der Waals surface area (Å²) in [7, 11) is 1.41. The third kappa shape index (κ3) is 1.46. The van der Waals surface area contributed by atoms with E-state index >= 15 is 0 Å². The van der Waals surface area contributed by atoms with Crippen LogP contribution in [0.2, 0.25) is 0 Å². The zero-order valence-corrected chi connectivity index (χ0v) is 10.8. The van der Waals surface area contributed by atoms with Crippen molar-refractivity contribution in [3.8, 4) is 11.5 Å². The molecular weight excluding hydrogens is 262 g/mol. The lowest BCUT2D eigenvalue weighted by atomic mass is 10.1. The Balaban J connectivity index is 2.39. The molecule has 4 N–H and O–H groups in total. The van der Waals surface area contributed by atoms with Crippen molar-refractivity contribution in [2.45, 2.75) is 6.42 Å². The van der Waals surface area contributed by atoms with E-state index < -0.39 is 6.03 Å². The first-order chi connectivity index (χ1) is 9.58. The predicted octanol–water partition coefficient (Wildman–Crippen LogP) is 1.14. The monoisotopic (exact) mass is 275 g/mol. The van der Waals surface area contributed by atoms with Gasteiger partial charge >= 0.3 is 6.03 Å². The van der Waals surface area contributed by atoms with Crippen molar-refractivity contribution >= 4 is 28.9 Å². The first kappa shape index (κ1) is 12.3. The first-order valence-electron chi connectivity index (χ1n) is 6.05. The van der Waals surface area contributed by atoms with Gasteiger partial charge in [0.15, 0.2) is 17.8 Å². The van der Waals surface area contributed by atoms with Gasteiger partial charge in [0.1, 0.15) is 0 Å². The lowest BCUT2D eigenvalue weighted by Gasteiger charge is -2.17. The van der Waals surface area contributed by atoms with Crippen LogP contribution in [0, 0.1) is 0 Å². The molecule has 7 heteroatoms. The number of nitrogens with two attached hydrogens (primary N) is 1. The Morgan fingerprint density at radius 1 is 1.60 bits per heavy atom. The summed E-state index contributed by atoms with van der Waals surface area (Å²) in [5.74, 6) is 0.0469. The number of carbonyl (C=O) groups is 2. The molecule has 0 radical (unpaired) electrons. The van der Waals surface area contributed by atoms with Crippen LogP contribution in [0.1, 0.15) is 16.1 Å². The number of benzene rings is 1. The Morgan fingerprint density at radius 3 is 2.95 bits per heavy atom. The zero-order valence-electron chi connectivity index (χ0n) is 10.8. The van der Waals surface area contributed by atoms with Gasteiger partial charge in [0.05, 0.1) is 24.0 Å². The number of nitrogens with zero attached hydrogens (tertiary/aromatic N) is 1. The van der Waals surface area contributed by atoms with Crippen LogP contribution < -0.4 is 15.4 Å². The Morgan fingerprint density at radius 2 is 2.35 bits per heavy atom.